The molecule has 0 saturated heterocycles. The van der Waals surface area contributed by atoms with E-state index in [0.29, 0.717) is 12.5 Å². The highest BCUT2D eigenvalue weighted by atomic mass is 35.5. The van der Waals surface area contributed by atoms with Crippen LogP contribution in [0.4, 0.5) is 4.39 Å². The predicted molar refractivity (Wildman–Crippen MR) is 77.8 cm³/mol. The molecule has 0 spiro atoms. The molecule has 1 amide bonds. The number of halogens is 2. The Morgan fingerprint density at radius 2 is 1.89 bits per heavy atom. The number of amides is 1. The Morgan fingerprint density at radius 3 is 2.37 bits per heavy atom. The molecule has 0 bridgehead atoms. The quantitative estimate of drug-likeness (QED) is 0.844. The average Bonchev–Trinajstić information content (AvgIpc) is 2.30. The van der Waals surface area contributed by atoms with E-state index in [1.165, 1.54) is 12.1 Å². The first-order valence-corrected chi connectivity index (χ1v) is 6.25. The van der Waals surface area contributed by atoms with Gasteiger partial charge in [0.2, 0.25) is 5.91 Å². The maximum atomic E-state index is 12.7. The topological polar surface area (TPSA) is 55.1 Å². The standard InChI is InChI=1S/C14H21FN2O.ClH/c1-10(2)7-13(9-16)17-14(18)8-11-3-5-12(15)6-4-11;/h3-6,10,13H,7-9,16H2,1-2H3,(H,17,18);1H. The van der Waals surface area contributed by atoms with Gasteiger partial charge < -0.3 is 11.1 Å². The van der Waals surface area contributed by atoms with Crippen LogP contribution in [0.25, 0.3) is 0 Å². The SMILES string of the molecule is CC(C)CC(CN)NC(=O)Cc1ccc(F)cc1.Cl. The Hall–Kier alpha value is -1.13. The predicted octanol–water partition coefficient (Wildman–Crippen LogP) is 2.28. The van der Waals surface area contributed by atoms with Gasteiger partial charge in [-0.25, -0.2) is 4.39 Å². The number of hydrogen-bond acceptors (Lipinski definition) is 2. The first-order valence-electron chi connectivity index (χ1n) is 6.25. The minimum Gasteiger partial charge on any atom is -0.352 e. The molecule has 0 heterocycles. The summed E-state index contributed by atoms with van der Waals surface area (Å²) in [5.41, 5.74) is 6.42. The second kappa shape index (κ2) is 8.88. The average molecular weight is 289 g/mol. The van der Waals surface area contributed by atoms with Crippen molar-refractivity contribution in [1.82, 2.24) is 5.32 Å². The molecule has 0 aliphatic carbocycles. The number of hydrogen-bond donors (Lipinski definition) is 2. The lowest BCUT2D eigenvalue weighted by atomic mass is 10.0. The van der Waals surface area contributed by atoms with E-state index in [-0.39, 0.29) is 36.6 Å². The molecular formula is C14H22ClFN2O. The van der Waals surface area contributed by atoms with Crippen molar-refractivity contribution in [2.45, 2.75) is 32.7 Å². The maximum absolute atomic E-state index is 12.7. The third kappa shape index (κ3) is 7.13. The van der Waals surface area contributed by atoms with E-state index in [1.807, 2.05) is 0 Å². The summed E-state index contributed by atoms with van der Waals surface area (Å²) in [7, 11) is 0. The molecule has 3 nitrogen and oxygen atoms in total. The van der Waals surface area contributed by atoms with Crippen LogP contribution in [0, 0.1) is 11.7 Å². The summed E-state index contributed by atoms with van der Waals surface area (Å²) in [5.74, 6) is 0.126. The van der Waals surface area contributed by atoms with Crippen LogP contribution in [0.1, 0.15) is 25.8 Å². The minimum absolute atomic E-state index is 0. The van der Waals surface area contributed by atoms with Gasteiger partial charge in [-0.2, -0.15) is 0 Å². The highest BCUT2D eigenvalue weighted by molar-refractivity contribution is 5.85. The fraction of sp³-hybridized carbons (Fsp3) is 0.500. The van der Waals surface area contributed by atoms with Gasteiger partial charge >= 0.3 is 0 Å². The molecule has 3 N–H and O–H groups in total. The summed E-state index contributed by atoms with van der Waals surface area (Å²) in [4.78, 5) is 11.8. The molecule has 5 heteroatoms. The largest absolute Gasteiger partial charge is 0.352 e. The lowest BCUT2D eigenvalue weighted by molar-refractivity contribution is -0.121. The molecule has 0 radical (unpaired) electrons. The van der Waals surface area contributed by atoms with E-state index in [4.69, 9.17) is 5.73 Å². The molecule has 0 aliphatic rings. The summed E-state index contributed by atoms with van der Waals surface area (Å²) < 4.78 is 12.7. The van der Waals surface area contributed by atoms with Crippen molar-refractivity contribution in [3.8, 4) is 0 Å². The molecule has 0 fully saturated rings. The molecule has 19 heavy (non-hydrogen) atoms. The molecule has 1 aromatic rings. The summed E-state index contributed by atoms with van der Waals surface area (Å²) in [6, 6.07) is 5.97. The van der Waals surface area contributed by atoms with Crippen LogP contribution in [-0.4, -0.2) is 18.5 Å². The molecule has 0 aromatic heterocycles. The molecule has 1 rings (SSSR count). The van der Waals surface area contributed by atoms with Crippen LogP contribution in [0.5, 0.6) is 0 Å². The number of rotatable bonds is 6. The van der Waals surface area contributed by atoms with Gasteiger partial charge in [0.1, 0.15) is 5.82 Å². The van der Waals surface area contributed by atoms with Crippen molar-refractivity contribution in [2.24, 2.45) is 11.7 Å². The second-order valence-corrected chi connectivity index (χ2v) is 4.93. The highest BCUT2D eigenvalue weighted by Crippen LogP contribution is 2.06. The molecule has 108 valence electrons. The van der Waals surface area contributed by atoms with Crippen molar-refractivity contribution in [3.05, 3.63) is 35.6 Å². The molecule has 1 aromatic carbocycles. The first-order chi connectivity index (χ1) is 8.51. The summed E-state index contributed by atoms with van der Waals surface area (Å²) in [6.45, 7) is 4.62. The molecule has 0 aliphatic heterocycles. The lowest BCUT2D eigenvalue weighted by Crippen LogP contribution is -2.41. The number of benzene rings is 1. The molecular weight excluding hydrogens is 267 g/mol. The lowest BCUT2D eigenvalue weighted by Gasteiger charge is -2.18. The van der Waals surface area contributed by atoms with Gasteiger partial charge in [-0.3, -0.25) is 4.79 Å². The monoisotopic (exact) mass is 288 g/mol. The van der Waals surface area contributed by atoms with Gasteiger partial charge in [-0.1, -0.05) is 26.0 Å². The van der Waals surface area contributed by atoms with Crippen molar-refractivity contribution in [1.29, 1.82) is 0 Å². The molecule has 1 unspecified atom stereocenters. The zero-order chi connectivity index (χ0) is 13.5. The summed E-state index contributed by atoms with van der Waals surface area (Å²) in [6.07, 6.45) is 1.13. The minimum atomic E-state index is -0.293. The maximum Gasteiger partial charge on any atom is 0.224 e. The Labute approximate surface area is 120 Å². The van der Waals surface area contributed by atoms with Crippen LogP contribution in [0.3, 0.4) is 0 Å². The van der Waals surface area contributed by atoms with E-state index < -0.39 is 0 Å². The Balaban J connectivity index is 0.00000324. The van der Waals surface area contributed by atoms with Crippen LogP contribution in [0.15, 0.2) is 24.3 Å². The van der Waals surface area contributed by atoms with Crippen LogP contribution in [0.2, 0.25) is 0 Å². The highest BCUT2D eigenvalue weighted by Gasteiger charge is 2.12. The van der Waals surface area contributed by atoms with E-state index in [0.717, 1.165) is 12.0 Å². The fourth-order valence-corrected chi connectivity index (χ4v) is 1.85. The van der Waals surface area contributed by atoms with Crippen molar-refractivity contribution in [2.75, 3.05) is 6.54 Å². The smallest absolute Gasteiger partial charge is 0.224 e. The van der Waals surface area contributed by atoms with Crippen molar-refractivity contribution < 1.29 is 9.18 Å². The Kier molecular flexibility index (Phi) is 8.35. The van der Waals surface area contributed by atoms with E-state index in [2.05, 4.69) is 19.2 Å². The van der Waals surface area contributed by atoms with Crippen LogP contribution < -0.4 is 11.1 Å². The van der Waals surface area contributed by atoms with Crippen molar-refractivity contribution in [3.63, 3.8) is 0 Å². The number of nitrogens with two attached hydrogens (primary N) is 1. The normalized spacial score (nSPS) is 11.8. The second-order valence-electron chi connectivity index (χ2n) is 4.93. The van der Waals surface area contributed by atoms with Gasteiger partial charge in [0, 0.05) is 12.6 Å². The van der Waals surface area contributed by atoms with Gasteiger partial charge in [-0.05, 0) is 30.0 Å². The molecule has 1 atom stereocenters. The number of nitrogens with one attached hydrogen (secondary N) is 1. The first kappa shape index (κ1) is 17.9. The third-order valence-corrected chi connectivity index (χ3v) is 2.68. The zero-order valence-electron chi connectivity index (χ0n) is 11.4. The van der Waals surface area contributed by atoms with Gasteiger partial charge in [0.25, 0.3) is 0 Å². The summed E-state index contributed by atoms with van der Waals surface area (Å²) >= 11 is 0. The zero-order valence-corrected chi connectivity index (χ0v) is 12.2. The van der Waals surface area contributed by atoms with Crippen LogP contribution in [-0.2, 0) is 11.2 Å². The summed E-state index contributed by atoms with van der Waals surface area (Å²) in [5, 5.41) is 2.90. The molecule has 0 saturated carbocycles. The third-order valence-electron chi connectivity index (χ3n) is 2.68. The van der Waals surface area contributed by atoms with Gasteiger partial charge in [0.15, 0.2) is 0 Å². The van der Waals surface area contributed by atoms with E-state index >= 15 is 0 Å². The van der Waals surface area contributed by atoms with E-state index in [1.54, 1.807) is 12.1 Å². The van der Waals surface area contributed by atoms with Crippen molar-refractivity contribution >= 4 is 18.3 Å². The number of carbonyl (C=O) groups excluding carboxylic acids is 1. The fourth-order valence-electron chi connectivity index (χ4n) is 1.85. The number of carbonyl (C=O) groups is 1. The van der Waals surface area contributed by atoms with Gasteiger partial charge in [-0.15, -0.1) is 12.4 Å². The van der Waals surface area contributed by atoms with E-state index in [9.17, 15) is 9.18 Å². The Bertz CT molecular complexity index is 382. The van der Waals surface area contributed by atoms with Crippen LogP contribution >= 0.6 is 12.4 Å². The Morgan fingerprint density at radius 1 is 1.32 bits per heavy atom. The van der Waals surface area contributed by atoms with Gasteiger partial charge in [0.05, 0.1) is 6.42 Å².